The van der Waals surface area contributed by atoms with E-state index in [1.54, 1.807) is 6.07 Å². The maximum absolute atomic E-state index is 13.3. The monoisotopic (exact) mass is 333 g/mol. The zero-order chi connectivity index (χ0) is 16.4. The Balaban J connectivity index is 1.73. The number of carboxylic acids is 1. The molecule has 1 aliphatic rings. The number of carbonyl (C=O) groups is 2. The lowest BCUT2D eigenvalue weighted by atomic mass is 9.72. The van der Waals surface area contributed by atoms with E-state index in [1.165, 1.54) is 24.3 Å². The first-order valence-electron chi connectivity index (χ1n) is 7.38. The summed E-state index contributed by atoms with van der Waals surface area (Å²) < 4.78 is 13.3. The normalized spacial score (nSPS) is 15.7. The summed E-state index contributed by atoms with van der Waals surface area (Å²) in [6.07, 6.45) is 3.27. The average Bonchev–Trinajstić information content (AvgIpc) is 2.95. The standard InChI is InChI=1S/C17H16FNO3S/c18-12-4-1-3-11(9-12)10-17(7-2-8-17)19-15(20)13-5-6-14(23-13)16(21)22/h1,3-6,9H,2,7-8,10H2,(H,19,20)(H,21,22). The molecule has 1 fully saturated rings. The molecule has 0 aliphatic heterocycles. The zero-order valence-electron chi connectivity index (χ0n) is 12.3. The van der Waals surface area contributed by atoms with Gasteiger partial charge >= 0.3 is 5.97 Å². The molecule has 1 saturated carbocycles. The molecule has 2 aromatic rings. The molecule has 1 aliphatic carbocycles. The van der Waals surface area contributed by atoms with E-state index in [1.807, 2.05) is 6.07 Å². The fourth-order valence-corrected chi connectivity index (χ4v) is 3.60. The summed E-state index contributed by atoms with van der Waals surface area (Å²) in [5.74, 6) is -1.58. The van der Waals surface area contributed by atoms with Crippen LogP contribution in [0, 0.1) is 5.82 Å². The van der Waals surface area contributed by atoms with E-state index in [0.29, 0.717) is 11.3 Å². The van der Waals surface area contributed by atoms with E-state index < -0.39 is 5.97 Å². The van der Waals surface area contributed by atoms with Crippen LogP contribution in [0.4, 0.5) is 4.39 Å². The third-order valence-electron chi connectivity index (χ3n) is 4.16. The molecule has 3 rings (SSSR count). The maximum atomic E-state index is 13.3. The molecule has 4 nitrogen and oxygen atoms in total. The Morgan fingerprint density at radius 3 is 2.52 bits per heavy atom. The van der Waals surface area contributed by atoms with Gasteiger partial charge in [0.1, 0.15) is 10.7 Å². The number of nitrogens with one attached hydrogen (secondary N) is 1. The third kappa shape index (κ3) is 3.42. The molecule has 0 atom stereocenters. The van der Waals surface area contributed by atoms with Gasteiger partial charge in [0.05, 0.1) is 4.88 Å². The van der Waals surface area contributed by atoms with Crippen LogP contribution >= 0.6 is 11.3 Å². The number of amides is 1. The number of benzene rings is 1. The van der Waals surface area contributed by atoms with Gasteiger partial charge in [-0.15, -0.1) is 11.3 Å². The topological polar surface area (TPSA) is 66.4 Å². The number of hydrogen-bond acceptors (Lipinski definition) is 3. The summed E-state index contributed by atoms with van der Waals surface area (Å²) >= 11 is 0.962. The van der Waals surface area contributed by atoms with Gasteiger partial charge in [0.2, 0.25) is 0 Å². The predicted molar refractivity (Wildman–Crippen MR) is 85.4 cm³/mol. The van der Waals surface area contributed by atoms with Crippen molar-refractivity contribution in [3.63, 3.8) is 0 Å². The molecular weight excluding hydrogens is 317 g/mol. The molecule has 6 heteroatoms. The first-order valence-corrected chi connectivity index (χ1v) is 8.19. The largest absolute Gasteiger partial charge is 0.477 e. The smallest absolute Gasteiger partial charge is 0.345 e. The van der Waals surface area contributed by atoms with Crippen LogP contribution < -0.4 is 5.32 Å². The highest BCUT2D eigenvalue weighted by molar-refractivity contribution is 7.15. The number of halogens is 1. The molecular formula is C17H16FNO3S. The number of rotatable bonds is 5. The van der Waals surface area contributed by atoms with Crippen LogP contribution in [-0.4, -0.2) is 22.5 Å². The van der Waals surface area contributed by atoms with Crippen LogP contribution in [0.3, 0.4) is 0 Å². The second-order valence-corrected chi connectivity index (χ2v) is 6.95. The molecule has 0 saturated heterocycles. The lowest BCUT2D eigenvalue weighted by Gasteiger charge is -2.42. The first kappa shape index (κ1) is 15.7. The number of hydrogen-bond donors (Lipinski definition) is 2. The van der Waals surface area contributed by atoms with Crippen molar-refractivity contribution in [1.29, 1.82) is 0 Å². The van der Waals surface area contributed by atoms with Gasteiger partial charge in [0.15, 0.2) is 0 Å². The van der Waals surface area contributed by atoms with Gasteiger partial charge in [0, 0.05) is 5.54 Å². The second-order valence-electron chi connectivity index (χ2n) is 5.86. The van der Waals surface area contributed by atoms with E-state index in [-0.39, 0.29) is 22.1 Å². The van der Waals surface area contributed by atoms with Crippen LogP contribution in [0.1, 0.15) is 44.2 Å². The van der Waals surface area contributed by atoms with Crippen molar-refractivity contribution in [1.82, 2.24) is 5.32 Å². The van der Waals surface area contributed by atoms with Gasteiger partial charge in [-0.2, -0.15) is 0 Å². The van der Waals surface area contributed by atoms with E-state index >= 15 is 0 Å². The minimum atomic E-state index is -1.04. The summed E-state index contributed by atoms with van der Waals surface area (Å²) in [6, 6.07) is 9.36. The lowest BCUT2D eigenvalue weighted by molar-refractivity contribution is 0.0701. The van der Waals surface area contributed by atoms with Crippen molar-refractivity contribution in [3.05, 3.63) is 57.5 Å². The fraction of sp³-hybridized carbons (Fsp3) is 0.294. The van der Waals surface area contributed by atoms with Gasteiger partial charge in [-0.25, -0.2) is 9.18 Å². The van der Waals surface area contributed by atoms with Crippen LogP contribution in [0.2, 0.25) is 0 Å². The predicted octanol–water partition coefficient (Wildman–Crippen LogP) is 3.48. The average molecular weight is 333 g/mol. The lowest BCUT2D eigenvalue weighted by Crippen LogP contribution is -2.54. The van der Waals surface area contributed by atoms with Gasteiger partial charge in [-0.1, -0.05) is 12.1 Å². The molecule has 0 bridgehead atoms. The highest BCUT2D eigenvalue weighted by Crippen LogP contribution is 2.35. The Labute approximate surface area is 137 Å². The Bertz CT molecular complexity index is 752. The summed E-state index contributed by atoms with van der Waals surface area (Å²) in [5, 5.41) is 12.0. The van der Waals surface area contributed by atoms with Gasteiger partial charge in [-0.3, -0.25) is 4.79 Å². The zero-order valence-corrected chi connectivity index (χ0v) is 13.2. The van der Waals surface area contributed by atoms with E-state index in [0.717, 1.165) is 36.2 Å². The third-order valence-corrected chi connectivity index (χ3v) is 5.23. The van der Waals surface area contributed by atoms with E-state index in [9.17, 15) is 14.0 Å². The number of carbonyl (C=O) groups excluding carboxylic acids is 1. The van der Waals surface area contributed by atoms with Crippen molar-refractivity contribution < 1.29 is 19.1 Å². The molecule has 1 amide bonds. The van der Waals surface area contributed by atoms with Crippen molar-refractivity contribution in [2.75, 3.05) is 0 Å². The van der Waals surface area contributed by atoms with Crippen molar-refractivity contribution >= 4 is 23.2 Å². The summed E-state index contributed by atoms with van der Waals surface area (Å²) in [7, 11) is 0. The van der Waals surface area contributed by atoms with Crippen molar-refractivity contribution in [2.45, 2.75) is 31.2 Å². The van der Waals surface area contributed by atoms with Crippen LogP contribution in [0.25, 0.3) is 0 Å². The van der Waals surface area contributed by atoms with Gasteiger partial charge in [0.25, 0.3) is 5.91 Å². The van der Waals surface area contributed by atoms with E-state index in [2.05, 4.69) is 5.32 Å². The van der Waals surface area contributed by atoms with Gasteiger partial charge < -0.3 is 10.4 Å². The summed E-state index contributed by atoms with van der Waals surface area (Å²) in [6.45, 7) is 0. The highest BCUT2D eigenvalue weighted by Gasteiger charge is 2.38. The summed E-state index contributed by atoms with van der Waals surface area (Å²) in [5.41, 5.74) is 0.487. The fourth-order valence-electron chi connectivity index (χ4n) is 2.86. The van der Waals surface area contributed by atoms with Crippen molar-refractivity contribution in [3.8, 4) is 0 Å². The first-order chi connectivity index (χ1) is 11.0. The molecule has 120 valence electrons. The van der Waals surface area contributed by atoms with E-state index in [4.69, 9.17) is 5.11 Å². The molecule has 0 radical (unpaired) electrons. The summed E-state index contributed by atoms with van der Waals surface area (Å²) in [4.78, 5) is 23.8. The molecule has 1 heterocycles. The molecule has 0 spiro atoms. The van der Waals surface area contributed by atoms with Crippen LogP contribution in [0.15, 0.2) is 36.4 Å². The molecule has 2 N–H and O–H groups in total. The second kappa shape index (κ2) is 6.12. The molecule has 23 heavy (non-hydrogen) atoms. The van der Waals surface area contributed by atoms with Crippen LogP contribution in [-0.2, 0) is 6.42 Å². The maximum Gasteiger partial charge on any atom is 0.345 e. The van der Waals surface area contributed by atoms with Gasteiger partial charge in [-0.05, 0) is 55.5 Å². The Hall–Kier alpha value is -2.21. The highest BCUT2D eigenvalue weighted by atomic mass is 32.1. The quantitative estimate of drug-likeness (QED) is 0.880. The number of aromatic carboxylic acids is 1. The Morgan fingerprint density at radius 1 is 1.22 bits per heavy atom. The minimum absolute atomic E-state index is 0.142. The minimum Gasteiger partial charge on any atom is -0.477 e. The van der Waals surface area contributed by atoms with Crippen LogP contribution in [0.5, 0.6) is 0 Å². The molecule has 0 unspecified atom stereocenters. The molecule has 1 aromatic carbocycles. The Kier molecular flexibility index (Phi) is 4.17. The molecule has 1 aromatic heterocycles. The SMILES string of the molecule is O=C(O)c1ccc(C(=O)NC2(Cc3cccc(F)c3)CCC2)s1. The van der Waals surface area contributed by atoms with Crippen molar-refractivity contribution in [2.24, 2.45) is 0 Å². The number of thiophene rings is 1. The Morgan fingerprint density at radius 2 is 1.96 bits per heavy atom. The number of carboxylic acid groups (broad SMARTS) is 1.